The molecule has 0 bridgehead atoms. The second-order valence-electron chi connectivity index (χ2n) is 6.88. The predicted molar refractivity (Wildman–Crippen MR) is 107 cm³/mol. The van der Waals surface area contributed by atoms with E-state index in [4.69, 9.17) is 9.47 Å². The quantitative estimate of drug-likeness (QED) is 0.790. The van der Waals surface area contributed by atoms with Crippen molar-refractivity contribution in [3.8, 4) is 0 Å². The van der Waals surface area contributed by atoms with Gasteiger partial charge in [0, 0.05) is 32.3 Å². The summed E-state index contributed by atoms with van der Waals surface area (Å²) in [6.07, 6.45) is 3.74. The molecule has 148 valence electrons. The van der Waals surface area contributed by atoms with Crippen LogP contribution in [0.25, 0.3) is 0 Å². The number of para-hydroxylation sites is 2. The molecule has 2 N–H and O–H groups in total. The van der Waals surface area contributed by atoms with Crippen LogP contribution in [0.3, 0.4) is 0 Å². The number of morpholine rings is 1. The normalized spacial score (nSPS) is 19.4. The summed E-state index contributed by atoms with van der Waals surface area (Å²) in [4.78, 5) is 23.3. The second kappa shape index (κ2) is 8.99. The molecule has 8 nitrogen and oxygen atoms in total. The van der Waals surface area contributed by atoms with Gasteiger partial charge in [0.15, 0.2) is 0 Å². The van der Waals surface area contributed by atoms with E-state index in [9.17, 15) is 4.79 Å². The first kappa shape index (κ1) is 18.6. The van der Waals surface area contributed by atoms with Crippen LogP contribution in [0.1, 0.15) is 23.3 Å². The van der Waals surface area contributed by atoms with Crippen LogP contribution in [0.4, 0.5) is 17.2 Å². The summed E-state index contributed by atoms with van der Waals surface area (Å²) in [6, 6.07) is 9.46. The Labute approximate surface area is 164 Å². The number of hydrogen-bond acceptors (Lipinski definition) is 7. The molecule has 3 heterocycles. The summed E-state index contributed by atoms with van der Waals surface area (Å²) in [6.45, 7) is 4.47. The number of rotatable bonds is 6. The van der Waals surface area contributed by atoms with Gasteiger partial charge in [-0.25, -0.2) is 9.97 Å². The number of ether oxygens (including phenoxy) is 2. The Kier molecular flexibility index (Phi) is 5.98. The van der Waals surface area contributed by atoms with Gasteiger partial charge in [0.25, 0.3) is 5.91 Å². The highest BCUT2D eigenvalue weighted by atomic mass is 16.5. The highest BCUT2D eigenvalue weighted by molar-refractivity contribution is 6.05. The van der Waals surface area contributed by atoms with Gasteiger partial charge in [-0.15, -0.1) is 0 Å². The second-order valence-corrected chi connectivity index (χ2v) is 6.88. The summed E-state index contributed by atoms with van der Waals surface area (Å²) in [7, 11) is 0. The van der Waals surface area contributed by atoms with Crippen molar-refractivity contribution in [2.75, 3.05) is 55.0 Å². The van der Waals surface area contributed by atoms with Crippen molar-refractivity contribution in [3.63, 3.8) is 0 Å². The fourth-order valence-electron chi connectivity index (χ4n) is 3.45. The topological polar surface area (TPSA) is 88.6 Å². The van der Waals surface area contributed by atoms with E-state index in [1.54, 1.807) is 6.07 Å². The Bertz CT molecular complexity index is 804. The molecular formula is C20H25N5O3. The summed E-state index contributed by atoms with van der Waals surface area (Å²) in [5, 5.41) is 6.21. The zero-order valence-electron chi connectivity index (χ0n) is 15.8. The van der Waals surface area contributed by atoms with Crippen molar-refractivity contribution in [1.29, 1.82) is 0 Å². The van der Waals surface area contributed by atoms with Crippen molar-refractivity contribution in [1.82, 2.24) is 9.97 Å². The number of anilines is 3. The van der Waals surface area contributed by atoms with E-state index in [-0.39, 0.29) is 12.0 Å². The van der Waals surface area contributed by atoms with Gasteiger partial charge in [0.05, 0.1) is 30.7 Å². The molecule has 0 radical (unpaired) electrons. The third-order valence-corrected chi connectivity index (χ3v) is 4.94. The van der Waals surface area contributed by atoms with E-state index in [1.165, 1.54) is 6.33 Å². The molecule has 0 aliphatic carbocycles. The maximum absolute atomic E-state index is 12.8. The van der Waals surface area contributed by atoms with Gasteiger partial charge in [-0.3, -0.25) is 4.79 Å². The highest BCUT2D eigenvalue weighted by Gasteiger charge is 2.18. The molecule has 28 heavy (non-hydrogen) atoms. The molecule has 1 atom stereocenters. The minimum atomic E-state index is -0.261. The zero-order valence-corrected chi connectivity index (χ0v) is 15.8. The number of carbonyl (C=O) groups excluding carboxylic acids is 1. The maximum Gasteiger partial charge on any atom is 0.274 e. The SMILES string of the molecule is O=C(Nc1ccccc1N1CCOCC1)c1cc(NCC2CCCO2)ncn1. The number of nitrogens with one attached hydrogen (secondary N) is 2. The molecular weight excluding hydrogens is 358 g/mol. The molecule has 1 unspecified atom stereocenters. The molecule has 0 spiro atoms. The average Bonchev–Trinajstić information content (AvgIpc) is 3.27. The standard InChI is InChI=1S/C20H25N5O3/c26-20(17-12-19(23-14-22-17)21-13-15-4-3-9-28-15)24-16-5-1-2-6-18(16)25-7-10-27-11-8-25/h1-2,5-6,12,14-15H,3-4,7-11,13H2,(H,24,26)(H,21,22,23). The van der Waals surface area contributed by atoms with E-state index in [1.807, 2.05) is 24.3 Å². The Balaban J connectivity index is 1.43. The first-order valence-corrected chi connectivity index (χ1v) is 9.70. The third kappa shape index (κ3) is 4.58. The van der Waals surface area contributed by atoms with Crippen LogP contribution in [0.2, 0.25) is 0 Å². The molecule has 4 rings (SSSR count). The van der Waals surface area contributed by atoms with Crippen molar-refractivity contribution < 1.29 is 14.3 Å². The van der Waals surface area contributed by atoms with Gasteiger partial charge in [-0.1, -0.05) is 12.1 Å². The van der Waals surface area contributed by atoms with Crippen molar-refractivity contribution >= 4 is 23.1 Å². The first-order valence-electron chi connectivity index (χ1n) is 9.70. The molecule has 2 aliphatic rings. The lowest BCUT2D eigenvalue weighted by Gasteiger charge is -2.30. The van der Waals surface area contributed by atoms with Crippen LogP contribution >= 0.6 is 0 Å². The van der Waals surface area contributed by atoms with Gasteiger partial charge in [0.1, 0.15) is 17.8 Å². The fraction of sp³-hybridized carbons (Fsp3) is 0.450. The van der Waals surface area contributed by atoms with E-state index < -0.39 is 0 Å². The highest BCUT2D eigenvalue weighted by Crippen LogP contribution is 2.26. The maximum atomic E-state index is 12.8. The largest absolute Gasteiger partial charge is 0.378 e. The van der Waals surface area contributed by atoms with Crippen LogP contribution < -0.4 is 15.5 Å². The molecule has 2 aromatic rings. The number of amides is 1. The van der Waals surface area contributed by atoms with Gasteiger partial charge >= 0.3 is 0 Å². The summed E-state index contributed by atoms with van der Waals surface area (Å²) in [5.74, 6) is 0.361. The lowest BCUT2D eigenvalue weighted by Crippen LogP contribution is -2.36. The Morgan fingerprint density at radius 1 is 1.18 bits per heavy atom. The summed E-state index contributed by atoms with van der Waals surface area (Å²) >= 11 is 0. The summed E-state index contributed by atoms with van der Waals surface area (Å²) < 4.78 is 11.0. The Morgan fingerprint density at radius 3 is 2.86 bits per heavy atom. The number of carbonyl (C=O) groups is 1. The van der Waals surface area contributed by atoms with Gasteiger partial charge in [-0.05, 0) is 25.0 Å². The van der Waals surface area contributed by atoms with E-state index in [2.05, 4.69) is 25.5 Å². The Hall–Kier alpha value is -2.71. The number of aromatic nitrogens is 2. The molecule has 2 aliphatic heterocycles. The molecule has 0 saturated carbocycles. The fourth-order valence-corrected chi connectivity index (χ4v) is 3.45. The molecule has 2 saturated heterocycles. The predicted octanol–water partition coefficient (Wildman–Crippen LogP) is 2.16. The smallest absolute Gasteiger partial charge is 0.274 e. The number of benzene rings is 1. The van der Waals surface area contributed by atoms with Crippen LogP contribution in [-0.4, -0.2) is 61.4 Å². The van der Waals surface area contributed by atoms with Gasteiger partial charge < -0.3 is 25.0 Å². The molecule has 1 aromatic carbocycles. The van der Waals surface area contributed by atoms with Gasteiger partial charge in [0.2, 0.25) is 0 Å². The van der Waals surface area contributed by atoms with Gasteiger partial charge in [-0.2, -0.15) is 0 Å². The summed E-state index contributed by atoms with van der Waals surface area (Å²) in [5.41, 5.74) is 2.08. The van der Waals surface area contributed by atoms with E-state index in [0.29, 0.717) is 31.3 Å². The van der Waals surface area contributed by atoms with Crippen molar-refractivity contribution in [3.05, 3.63) is 42.4 Å². The molecule has 1 aromatic heterocycles. The van der Waals surface area contributed by atoms with Crippen molar-refractivity contribution in [2.24, 2.45) is 0 Å². The first-order chi connectivity index (χ1) is 13.8. The van der Waals surface area contributed by atoms with Crippen LogP contribution in [-0.2, 0) is 9.47 Å². The minimum Gasteiger partial charge on any atom is -0.378 e. The minimum absolute atomic E-state index is 0.202. The number of hydrogen-bond donors (Lipinski definition) is 2. The molecule has 8 heteroatoms. The monoisotopic (exact) mass is 383 g/mol. The zero-order chi connectivity index (χ0) is 19.2. The lowest BCUT2D eigenvalue weighted by molar-refractivity contribution is 0.102. The number of nitrogens with zero attached hydrogens (tertiary/aromatic N) is 3. The van der Waals surface area contributed by atoms with Crippen molar-refractivity contribution in [2.45, 2.75) is 18.9 Å². The van der Waals surface area contributed by atoms with Crippen LogP contribution in [0, 0.1) is 0 Å². The van der Waals surface area contributed by atoms with Crippen LogP contribution in [0.5, 0.6) is 0 Å². The lowest BCUT2D eigenvalue weighted by atomic mass is 10.2. The molecule has 1 amide bonds. The Morgan fingerprint density at radius 2 is 2.04 bits per heavy atom. The third-order valence-electron chi connectivity index (χ3n) is 4.94. The molecule has 2 fully saturated rings. The van der Waals surface area contributed by atoms with Crippen LogP contribution in [0.15, 0.2) is 36.7 Å². The van der Waals surface area contributed by atoms with E-state index in [0.717, 1.165) is 43.9 Å². The average molecular weight is 383 g/mol. The van der Waals surface area contributed by atoms with E-state index >= 15 is 0 Å².